The molecule has 1 amide bonds. The van der Waals surface area contributed by atoms with Crippen molar-refractivity contribution in [3.05, 3.63) is 59.3 Å². The predicted octanol–water partition coefficient (Wildman–Crippen LogP) is 3.21. The highest BCUT2D eigenvalue weighted by molar-refractivity contribution is 6.30. The normalized spacial score (nSPS) is 12.6. The second-order valence-corrected chi connectivity index (χ2v) is 7.01. The van der Waals surface area contributed by atoms with Crippen LogP contribution in [0.4, 0.5) is 8.78 Å². The number of aromatic nitrogens is 4. The molecule has 0 saturated heterocycles. The Morgan fingerprint density at radius 2 is 2.07 bits per heavy atom. The van der Waals surface area contributed by atoms with E-state index < -0.39 is 23.7 Å². The summed E-state index contributed by atoms with van der Waals surface area (Å²) in [6, 6.07) is 7.36. The van der Waals surface area contributed by atoms with E-state index in [-0.39, 0.29) is 17.9 Å². The smallest absolute Gasteiger partial charge is 0.303 e. The number of aliphatic hydroxyl groups excluding tert-OH is 1. The van der Waals surface area contributed by atoms with Crippen molar-refractivity contribution in [2.45, 2.75) is 25.8 Å². The molecule has 3 aromatic rings. The summed E-state index contributed by atoms with van der Waals surface area (Å²) in [5, 5.41) is 16.1. The molecule has 0 fully saturated rings. The Bertz CT molecular complexity index is 1020. The Morgan fingerprint density at radius 1 is 1.31 bits per heavy atom. The lowest BCUT2D eigenvalue weighted by Gasteiger charge is -2.15. The van der Waals surface area contributed by atoms with Crippen LogP contribution in [0, 0.1) is 0 Å². The van der Waals surface area contributed by atoms with Crippen LogP contribution in [0.1, 0.15) is 30.0 Å². The Morgan fingerprint density at radius 3 is 2.69 bits per heavy atom. The molecule has 0 bridgehead atoms. The van der Waals surface area contributed by atoms with Crippen molar-refractivity contribution >= 4 is 17.5 Å². The third kappa shape index (κ3) is 4.75. The minimum Gasteiger partial charge on any atom is -0.394 e. The van der Waals surface area contributed by atoms with Crippen LogP contribution in [0.2, 0.25) is 5.02 Å². The first-order chi connectivity index (χ1) is 13.7. The Balaban J connectivity index is 2.14. The lowest BCUT2D eigenvalue weighted by molar-refractivity contribution is 0.00554. The van der Waals surface area contributed by atoms with Gasteiger partial charge in [0.15, 0.2) is 0 Å². The molecule has 1 unspecified atom stereocenters. The summed E-state index contributed by atoms with van der Waals surface area (Å²) in [5.74, 6) is -4.28. The topological polar surface area (TPSA) is 92.9 Å². The highest BCUT2D eigenvalue weighted by atomic mass is 35.5. The number of carbonyl (C=O) groups excluding carboxylic acids is 1. The molecule has 1 aromatic carbocycles. The van der Waals surface area contributed by atoms with Gasteiger partial charge in [-0.1, -0.05) is 11.6 Å². The number of rotatable bonds is 6. The van der Waals surface area contributed by atoms with Gasteiger partial charge in [0.2, 0.25) is 5.82 Å². The Kier molecular flexibility index (Phi) is 5.90. The number of alkyl halides is 2. The number of nitrogens with one attached hydrogen (secondary N) is 1. The minimum atomic E-state index is -3.24. The van der Waals surface area contributed by atoms with Gasteiger partial charge in [-0.2, -0.15) is 13.9 Å². The number of hydrogen-bond acceptors (Lipinski definition) is 5. The Hall–Kier alpha value is -2.91. The van der Waals surface area contributed by atoms with Gasteiger partial charge in [-0.25, -0.2) is 9.67 Å². The molecule has 0 saturated carbocycles. The van der Waals surface area contributed by atoms with Crippen LogP contribution in [0.25, 0.3) is 16.9 Å². The largest absolute Gasteiger partial charge is 0.394 e. The molecule has 2 N–H and O–H groups in total. The third-order valence-corrected chi connectivity index (χ3v) is 4.26. The predicted molar refractivity (Wildman–Crippen MR) is 103 cm³/mol. The molecule has 0 aliphatic carbocycles. The number of hydrogen-bond donors (Lipinski definition) is 2. The number of amides is 1. The van der Waals surface area contributed by atoms with Crippen LogP contribution in [-0.4, -0.2) is 43.4 Å². The molecule has 0 aliphatic rings. The molecule has 29 heavy (non-hydrogen) atoms. The van der Waals surface area contributed by atoms with E-state index in [0.29, 0.717) is 23.2 Å². The molecule has 10 heteroatoms. The van der Waals surface area contributed by atoms with Crippen LogP contribution >= 0.6 is 11.6 Å². The minimum absolute atomic E-state index is 0.190. The van der Waals surface area contributed by atoms with E-state index >= 15 is 0 Å². The first-order valence-corrected chi connectivity index (χ1v) is 9.04. The molecule has 0 aliphatic heterocycles. The number of halogens is 3. The van der Waals surface area contributed by atoms with Gasteiger partial charge in [-0.05, 0) is 37.3 Å². The van der Waals surface area contributed by atoms with Crippen LogP contribution in [0.15, 0.2) is 42.9 Å². The van der Waals surface area contributed by atoms with Crippen LogP contribution in [0.3, 0.4) is 0 Å². The molecule has 7 nitrogen and oxygen atoms in total. The van der Waals surface area contributed by atoms with Gasteiger partial charge in [0.25, 0.3) is 5.91 Å². The summed E-state index contributed by atoms with van der Waals surface area (Å²) in [6.45, 7) is 2.11. The zero-order valence-corrected chi connectivity index (χ0v) is 16.4. The summed E-state index contributed by atoms with van der Waals surface area (Å²) in [6.07, 6.45) is 2.46. The first-order valence-electron chi connectivity index (χ1n) is 8.66. The maximum absolute atomic E-state index is 13.9. The van der Waals surface area contributed by atoms with E-state index in [1.807, 2.05) is 0 Å². The van der Waals surface area contributed by atoms with Crippen molar-refractivity contribution < 1.29 is 18.7 Å². The molecular weight excluding hydrogens is 404 g/mol. The second-order valence-electron chi connectivity index (χ2n) is 6.57. The van der Waals surface area contributed by atoms with E-state index in [9.17, 15) is 18.7 Å². The van der Waals surface area contributed by atoms with Crippen molar-refractivity contribution in [3.63, 3.8) is 0 Å². The summed E-state index contributed by atoms with van der Waals surface area (Å²) in [4.78, 5) is 20.5. The fourth-order valence-electron chi connectivity index (χ4n) is 2.64. The van der Waals surface area contributed by atoms with E-state index in [1.165, 1.54) is 12.3 Å². The fraction of sp³-hybridized carbons (Fsp3) is 0.263. The number of carbonyl (C=O) groups is 1. The molecule has 2 heterocycles. The summed E-state index contributed by atoms with van der Waals surface area (Å²) in [7, 11) is 0. The fourth-order valence-corrected chi connectivity index (χ4v) is 2.75. The third-order valence-electron chi connectivity index (χ3n) is 4.04. The molecule has 152 valence electrons. The zero-order valence-electron chi connectivity index (χ0n) is 15.6. The van der Waals surface area contributed by atoms with Gasteiger partial charge in [-0.3, -0.25) is 9.78 Å². The maximum Gasteiger partial charge on any atom is 0.303 e. The molecule has 1 atom stereocenters. The van der Waals surface area contributed by atoms with E-state index in [4.69, 9.17) is 11.6 Å². The number of benzene rings is 1. The average Bonchev–Trinajstić information content (AvgIpc) is 3.18. The van der Waals surface area contributed by atoms with Gasteiger partial charge in [0.1, 0.15) is 6.33 Å². The van der Waals surface area contributed by atoms with Crippen LogP contribution in [-0.2, 0) is 5.92 Å². The van der Waals surface area contributed by atoms with Crippen molar-refractivity contribution in [3.8, 4) is 16.9 Å². The second kappa shape index (κ2) is 8.22. The van der Waals surface area contributed by atoms with Gasteiger partial charge >= 0.3 is 5.92 Å². The lowest BCUT2D eigenvalue weighted by atomic mass is 10.0. The lowest BCUT2D eigenvalue weighted by Crippen LogP contribution is -2.35. The van der Waals surface area contributed by atoms with Crippen LogP contribution < -0.4 is 5.32 Å². The summed E-state index contributed by atoms with van der Waals surface area (Å²) in [5.41, 5.74) is 1.40. The average molecular weight is 422 g/mol. The van der Waals surface area contributed by atoms with Crippen molar-refractivity contribution in [2.75, 3.05) is 6.61 Å². The van der Waals surface area contributed by atoms with Crippen molar-refractivity contribution in [2.24, 2.45) is 0 Å². The molecule has 0 spiro atoms. The van der Waals surface area contributed by atoms with Gasteiger partial charge < -0.3 is 10.4 Å². The molecule has 2 aromatic heterocycles. The van der Waals surface area contributed by atoms with E-state index in [2.05, 4.69) is 20.4 Å². The van der Waals surface area contributed by atoms with Crippen molar-refractivity contribution in [1.82, 2.24) is 25.1 Å². The molecule has 0 radical (unpaired) electrons. The molecular formula is C19H18ClF2N5O2. The van der Waals surface area contributed by atoms with Gasteiger partial charge in [-0.15, -0.1) is 0 Å². The highest BCUT2D eigenvalue weighted by Crippen LogP contribution is 2.29. The summed E-state index contributed by atoms with van der Waals surface area (Å²) >= 11 is 5.88. The van der Waals surface area contributed by atoms with Gasteiger partial charge in [0.05, 0.1) is 23.0 Å². The standard InChI is InChI=1S/C19H18ClF2N5O2/c1-11(9-28)26-17(29)13-5-12(16-4-3-14(20)8-23-16)6-15(7-13)27-18(19(2,21)22)24-10-25-27/h3-8,10-11,28H,9H2,1-2H3,(H,26,29). The molecule has 3 rings (SSSR count). The number of nitrogens with zero attached hydrogens (tertiary/aromatic N) is 4. The monoisotopic (exact) mass is 421 g/mol. The zero-order chi connectivity index (χ0) is 21.2. The Labute approximate surface area is 170 Å². The summed E-state index contributed by atoms with van der Waals surface area (Å²) < 4.78 is 28.8. The van der Waals surface area contributed by atoms with E-state index in [0.717, 1.165) is 11.0 Å². The maximum atomic E-state index is 13.9. The van der Waals surface area contributed by atoms with Gasteiger partial charge in [0, 0.05) is 30.3 Å². The first kappa shape index (κ1) is 20.8. The van der Waals surface area contributed by atoms with Crippen LogP contribution in [0.5, 0.6) is 0 Å². The van der Waals surface area contributed by atoms with Crippen molar-refractivity contribution in [1.29, 1.82) is 0 Å². The number of aliphatic hydroxyl groups is 1. The SMILES string of the molecule is CC(CO)NC(=O)c1cc(-c2ccc(Cl)cn2)cc(-n2ncnc2C(C)(F)F)c1. The highest BCUT2D eigenvalue weighted by Gasteiger charge is 2.31. The quantitative estimate of drug-likeness (QED) is 0.637. The van der Waals surface area contributed by atoms with E-state index in [1.54, 1.807) is 31.2 Å². The number of pyridine rings is 1.